The summed E-state index contributed by atoms with van der Waals surface area (Å²) in [6.07, 6.45) is 5.89. The van der Waals surface area contributed by atoms with Gasteiger partial charge >= 0.3 is 5.97 Å². The maximum Gasteiger partial charge on any atom is 0.303 e. The average molecular weight is 173 g/mol. The van der Waals surface area contributed by atoms with Crippen LogP contribution in [0.4, 0.5) is 0 Å². The fraction of sp³-hybridized carbons (Fsp3) is 0.375. The minimum absolute atomic E-state index is 0.130. The monoisotopic (exact) mass is 172 g/mol. The molecule has 3 heteroatoms. The van der Waals surface area contributed by atoms with E-state index in [0.29, 0.717) is 11.5 Å². The summed E-state index contributed by atoms with van der Waals surface area (Å²) in [6.45, 7) is 1.40. The standard InChI is InChI=1S/C8H9ClO2/c1-6(10)11-8-4-2-7(9)3-5-8/h2-4,8H,5H2,1H3. The topological polar surface area (TPSA) is 26.3 Å². The Morgan fingerprint density at radius 3 is 3.00 bits per heavy atom. The first-order valence-electron chi connectivity index (χ1n) is 3.39. The third-order valence-electron chi connectivity index (χ3n) is 1.33. The van der Waals surface area contributed by atoms with Gasteiger partial charge in [0, 0.05) is 18.4 Å². The molecule has 1 aliphatic carbocycles. The van der Waals surface area contributed by atoms with Crippen molar-refractivity contribution in [1.82, 2.24) is 0 Å². The Morgan fingerprint density at radius 2 is 2.55 bits per heavy atom. The molecule has 0 amide bonds. The molecular formula is C8H9ClO2. The third-order valence-corrected chi connectivity index (χ3v) is 1.61. The molecule has 0 bridgehead atoms. The molecule has 60 valence electrons. The zero-order valence-corrected chi connectivity index (χ0v) is 6.97. The van der Waals surface area contributed by atoms with Crippen molar-refractivity contribution >= 4 is 17.6 Å². The van der Waals surface area contributed by atoms with E-state index in [-0.39, 0.29) is 12.1 Å². The molecule has 1 aliphatic rings. The molecule has 11 heavy (non-hydrogen) atoms. The van der Waals surface area contributed by atoms with Crippen molar-refractivity contribution in [2.24, 2.45) is 0 Å². The van der Waals surface area contributed by atoms with E-state index in [1.54, 1.807) is 12.2 Å². The van der Waals surface area contributed by atoms with E-state index in [1.807, 2.05) is 6.08 Å². The number of esters is 1. The zero-order valence-electron chi connectivity index (χ0n) is 6.21. The van der Waals surface area contributed by atoms with Crippen molar-refractivity contribution in [3.8, 4) is 0 Å². The lowest BCUT2D eigenvalue weighted by molar-refractivity contribution is -0.144. The van der Waals surface area contributed by atoms with Gasteiger partial charge in [-0.1, -0.05) is 17.7 Å². The van der Waals surface area contributed by atoms with Gasteiger partial charge in [0.15, 0.2) is 0 Å². The van der Waals surface area contributed by atoms with Crippen molar-refractivity contribution < 1.29 is 9.53 Å². The maximum absolute atomic E-state index is 10.5. The number of halogens is 1. The maximum atomic E-state index is 10.5. The van der Waals surface area contributed by atoms with E-state index in [0.717, 1.165) is 0 Å². The minimum atomic E-state index is -0.258. The van der Waals surface area contributed by atoms with Crippen LogP contribution in [0.2, 0.25) is 0 Å². The molecule has 0 aromatic rings. The Hall–Kier alpha value is -0.760. The van der Waals surface area contributed by atoms with E-state index in [9.17, 15) is 4.79 Å². The summed E-state index contributed by atoms with van der Waals surface area (Å²) in [5, 5.41) is 0.702. The summed E-state index contributed by atoms with van der Waals surface area (Å²) in [6, 6.07) is 0. The first-order valence-corrected chi connectivity index (χ1v) is 3.77. The van der Waals surface area contributed by atoms with Gasteiger partial charge in [0.2, 0.25) is 0 Å². The van der Waals surface area contributed by atoms with Crippen LogP contribution in [0.25, 0.3) is 0 Å². The van der Waals surface area contributed by atoms with Gasteiger partial charge in [-0.05, 0) is 12.2 Å². The summed E-state index contributed by atoms with van der Waals surface area (Å²) in [5.41, 5.74) is 0. The van der Waals surface area contributed by atoms with Crippen molar-refractivity contribution in [2.75, 3.05) is 0 Å². The summed E-state index contributed by atoms with van der Waals surface area (Å²) in [5.74, 6) is -0.258. The van der Waals surface area contributed by atoms with Crippen molar-refractivity contribution in [2.45, 2.75) is 19.4 Å². The van der Waals surface area contributed by atoms with Crippen LogP contribution in [0.3, 0.4) is 0 Å². The molecule has 0 heterocycles. The van der Waals surface area contributed by atoms with E-state index in [4.69, 9.17) is 16.3 Å². The fourth-order valence-electron chi connectivity index (χ4n) is 0.875. The van der Waals surface area contributed by atoms with E-state index in [2.05, 4.69) is 0 Å². The summed E-state index contributed by atoms with van der Waals surface area (Å²) in [7, 11) is 0. The van der Waals surface area contributed by atoms with E-state index < -0.39 is 0 Å². The van der Waals surface area contributed by atoms with Crippen LogP contribution >= 0.6 is 11.6 Å². The molecule has 0 saturated carbocycles. The largest absolute Gasteiger partial charge is 0.458 e. The molecule has 1 atom stereocenters. The fourth-order valence-corrected chi connectivity index (χ4v) is 1.04. The highest BCUT2D eigenvalue weighted by atomic mass is 35.5. The Morgan fingerprint density at radius 1 is 1.82 bits per heavy atom. The molecule has 1 rings (SSSR count). The Labute approximate surface area is 70.5 Å². The van der Waals surface area contributed by atoms with Gasteiger partial charge in [0.25, 0.3) is 0 Å². The lowest BCUT2D eigenvalue weighted by Crippen LogP contribution is -2.14. The number of carbonyl (C=O) groups is 1. The van der Waals surface area contributed by atoms with Crippen LogP contribution < -0.4 is 0 Å². The van der Waals surface area contributed by atoms with Crippen LogP contribution in [-0.4, -0.2) is 12.1 Å². The van der Waals surface area contributed by atoms with E-state index in [1.165, 1.54) is 6.92 Å². The number of ether oxygens (including phenoxy) is 1. The molecule has 0 saturated heterocycles. The molecule has 2 nitrogen and oxygen atoms in total. The van der Waals surface area contributed by atoms with Gasteiger partial charge in [-0.15, -0.1) is 0 Å². The van der Waals surface area contributed by atoms with Gasteiger partial charge in [0.1, 0.15) is 6.10 Å². The number of allylic oxidation sites excluding steroid dienone is 2. The average Bonchev–Trinajstić information content (AvgIpc) is 1.93. The summed E-state index contributed by atoms with van der Waals surface area (Å²) < 4.78 is 4.91. The van der Waals surface area contributed by atoms with E-state index >= 15 is 0 Å². The Bertz CT molecular complexity index is 218. The second-order valence-electron chi connectivity index (χ2n) is 2.33. The molecule has 0 aliphatic heterocycles. The van der Waals surface area contributed by atoms with Crippen LogP contribution in [0.1, 0.15) is 13.3 Å². The second-order valence-corrected chi connectivity index (χ2v) is 2.77. The van der Waals surface area contributed by atoms with Crippen LogP contribution in [-0.2, 0) is 9.53 Å². The molecule has 0 fully saturated rings. The van der Waals surface area contributed by atoms with Crippen LogP contribution in [0, 0.1) is 0 Å². The lowest BCUT2D eigenvalue weighted by Gasteiger charge is -2.13. The molecule has 0 N–H and O–H groups in total. The van der Waals surface area contributed by atoms with Gasteiger partial charge < -0.3 is 4.74 Å². The minimum Gasteiger partial charge on any atom is -0.458 e. The van der Waals surface area contributed by atoms with Gasteiger partial charge in [-0.2, -0.15) is 0 Å². The molecule has 0 aromatic carbocycles. The van der Waals surface area contributed by atoms with Crippen LogP contribution in [0.5, 0.6) is 0 Å². The van der Waals surface area contributed by atoms with Crippen molar-refractivity contribution in [3.05, 3.63) is 23.3 Å². The number of hydrogen-bond donors (Lipinski definition) is 0. The molecular weight excluding hydrogens is 164 g/mol. The third kappa shape index (κ3) is 2.76. The second kappa shape index (κ2) is 3.58. The first kappa shape index (κ1) is 8.34. The number of rotatable bonds is 1. The predicted octanol–water partition coefficient (Wildman–Crippen LogP) is 2.00. The Balaban J connectivity index is 2.43. The lowest BCUT2D eigenvalue weighted by atomic mass is 10.1. The molecule has 0 aromatic heterocycles. The SMILES string of the molecule is CC(=O)OC1C=CC(Cl)=CC1. The first-order chi connectivity index (χ1) is 5.18. The number of hydrogen-bond acceptors (Lipinski definition) is 2. The summed E-state index contributed by atoms with van der Waals surface area (Å²) in [4.78, 5) is 10.5. The Kier molecular flexibility index (Phi) is 2.71. The molecule has 0 radical (unpaired) electrons. The molecule has 0 spiro atoms. The van der Waals surface area contributed by atoms with Crippen molar-refractivity contribution in [3.63, 3.8) is 0 Å². The van der Waals surface area contributed by atoms with Crippen LogP contribution in [0.15, 0.2) is 23.3 Å². The zero-order chi connectivity index (χ0) is 8.27. The quantitative estimate of drug-likeness (QED) is 0.566. The smallest absolute Gasteiger partial charge is 0.303 e. The normalized spacial score (nSPS) is 22.7. The van der Waals surface area contributed by atoms with Gasteiger partial charge in [-0.25, -0.2) is 0 Å². The van der Waals surface area contributed by atoms with Gasteiger partial charge in [-0.3, -0.25) is 4.79 Å². The highest BCUT2D eigenvalue weighted by Crippen LogP contribution is 2.15. The molecule has 1 unspecified atom stereocenters. The predicted molar refractivity (Wildman–Crippen MR) is 43.2 cm³/mol. The van der Waals surface area contributed by atoms with Gasteiger partial charge in [0.05, 0.1) is 0 Å². The number of carbonyl (C=O) groups excluding carboxylic acids is 1. The highest BCUT2D eigenvalue weighted by molar-refractivity contribution is 6.31. The summed E-state index contributed by atoms with van der Waals surface area (Å²) >= 11 is 5.65. The van der Waals surface area contributed by atoms with Crippen molar-refractivity contribution in [1.29, 1.82) is 0 Å². The highest BCUT2D eigenvalue weighted by Gasteiger charge is 2.09.